The summed E-state index contributed by atoms with van der Waals surface area (Å²) in [6.07, 6.45) is 1.41. The van der Waals surface area contributed by atoms with Crippen LogP contribution in [-0.2, 0) is 0 Å². The predicted octanol–water partition coefficient (Wildman–Crippen LogP) is 4.30. The molecular formula is C18H17FN4O2S. The topological polar surface area (TPSA) is 87.1 Å². The minimum atomic E-state index is -0.497. The molecule has 1 amide bonds. The molecule has 0 aliphatic carbocycles. The molecular weight excluding hydrogens is 355 g/mol. The molecule has 0 atom stereocenters. The van der Waals surface area contributed by atoms with E-state index >= 15 is 0 Å². The number of benzene rings is 1. The van der Waals surface area contributed by atoms with Gasteiger partial charge in [-0.25, -0.2) is 14.4 Å². The van der Waals surface area contributed by atoms with Crippen molar-refractivity contribution >= 4 is 33.9 Å². The van der Waals surface area contributed by atoms with Crippen molar-refractivity contribution in [1.82, 2.24) is 9.97 Å². The van der Waals surface area contributed by atoms with Crippen LogP contribution in [0, 0.1) is 26.6 Å². The van der Waals surface area contributed by atoms with Crippen LogP contribution in [0.5, 0.6) is 5.75 Å². The molecule has 0 bridgehead atoms. The van der Waals surface area contributed by atoms with Crippen molar-refractivity contribution in [1.29, 1.82) is 0 Å². The van der Waals surface area contributed by atoms with Crippen LogP contribution in [0.3, 0.4) is 0 Å². The smallest absolute Gasteiger partial charge is 0.267 e. The molecule has 0 saturated heterocycles. The molecule has 0 unspecified atom stereocenters. The van der Waals surface area contributed by atoms with Gasteiger partial charge < -0.3 is 15.7 Å². The fourth-order valence-corrected chi connectivity index (χ4v) is 3.08. The van der Waals surface area contributed by atoms with Gasteiger partial charge in [0.15, 0.2) is 16.8 Å². The number of carbonyl (C=O) groups is 1. The van der Waals surface area contributed by atoms with Crippen molar-refractivity contribution < 1.29 is 14.3 Å². The Labute approximate surface area is 153 Å². The average molecular weight is 372 g/mol. The van der Waals surface area contributed by atoms with Crippen LogP contribution in [0.25, 0.3) is 0 Å². The van der Waals surface area contributed by atoms with E-state index in [1.54, 1.807) is 32.0 Å². The molecule has 0 aliphatic heterocycles. The second-order valence-electron chi connectivity index (χ2n) is 5.79. The molecule has 0 fully saturated rings. The number of phenols is 1. The largest absolute Gasteiger partial charge is 0.508 e. The Balaban J connectivity index is 1.79. The van der Waals surface area contributed by atoms with Gasteiger partial charge in [0.2, 0.25) is 0 Å². The zero-order valence-corrected chi connectivity index (χ0v) is 15.2. The van der Waals surface area contributed by atoms with Crippen molar-refractivity contribution in [2.75, 3.05) is 10.6 Å². The molecule has 3 rings (SSSR count). The molecule has 8 heteroatoms. The highest BCUT2D eigenvalue weighted by Crippen LogP contribution is 2.29. The third-order valence-electron chi connectivity index (χ3n) is 3.82. The van der Waals surface area contributed by atoms with Crippen LogP contribution in [0.4, 0.5) is 21.0 Å². The first-order valence-corrected chi connectivity index (χ1v) is 8.63. The van der Waals surface area contributed by atoms with Gasteiger partial charge in [-0.1, -0.05) is 17.4 Å². The molecule has 0 saturated carbocycles. The van der Waals surface area contributed by atoms with E-state index in [1.807, 2.05) is 6.92 Å². The fourth-order valence-electron chi connectivity index (χ4n) is 2.37. The number of halogens is 1. The maximum Gasteiger partial charge on any atom is 0.267 e. The predicted molar refractivity (Wildman–Crippen MR) is 99.9 cm³/mol. The Hall–Kier alpha value is -3.00. The first-order valence-electron chi connectivity index (χ1n) is 7.81. The molecule has 0 spiro atoms. The number of aromatic hydroxyl groups is 1. The Morgan fingerprint density at radius 2 is 1.96 bits per heavy atom. The molecule has 2 heterocycles. The Morgan fingerprint density at radius 1 is 1.19 bits per heavy atom. The number of anilines is 3. The summed E-state index contributed by atoms with van der Waals surface area (Å²) in [5.41, 5.74) is 2.65. The van der Waals surface area contributed by atoms with E-state index in [1.165, 1.54) is 12.3 Å². The van der Waals surface area contributed by atoms with Crippen LogP contribution >= 0.6 is 11.3 Å². The molecule has 1 aromatic carbocycles. The van der Waals surface area contributed by atoms with Gasteiger partial charge in [-0.2, -0.15) is 0 Å². The van der Waals surface area contributed by atoms with Crippen LogP contribution in [0.2, 0.25) is 0 Å². The quantitative estimate of drug-likeness (QED) is 0.635. The molecule has 3 aromatic rings. The van der Waals surface area contributed by atoms with E-state index in [9.17, 15) is 14.3 Å². The summed E-state index contributed by atoms with van der Waals surface area (Å²) in [7, 11) is 0. The van der Waals surface area contributed by atoms with E-state index < -0.39 is 5.82 Å². The number of rotatable bonds is 4. The third kappa shape index (κ3) is 3.65. The lowest BCUT2D eigenvalue weighted by molar-refractivity contribution is 0.103. The van der Waals surface area contributed by atoms with E-state index in [-0.39, 0.29) is 17.5 Å². The van der Waals surface area contributed by atoms with Gasteiger partial charge in [0.1, 0.15) is 10.6 Å². The number of nitrogens with zero attached hydrogens (tertiary/aromatic N) is 2. The summed E-state index contributed by atoms with van der Waals surface area (Å²) in [5.74, 6) is -0.683. The van der Waals surface area contributed by atoms with Crippen molar-refractivity contribution in [2.24, 2.45) is 0 Å². The van der Waals surface area contributed by atoms with Crippen LogP contribution in [-0.4, -0.2) is 21.0 Å². The van der Waals surface area contributed by atoms with Gasteiger partial charge in [0, 0.05) is 11.3 Å². The highest BCUT2D eigenvalue weighted by Gasteiger charge is 2.15. The van der Waals surface area contributed by atoms with E-state index in [0.29, 0.717) is 27.0 Å². The summed E-state index contributed by atoms with van der Waals surface area (Å²) in [4.78, 5) is 21.0. The Morgan fingerprint density at radius 3 is 2.73 bits per heavy atom. The maximum absolute atomic E-state index is 13.8. The van der Waals surface area contributed by atoms with E-state index in [4.69, 9.17) is 0 Å². The van der Waals surface area contributed by atoms with Crippen molar-refractivity contribution in [3.63, 3.8) is 0 Å². The second kappa shape index (κ2) is 7.09. The lowest BCUT2D eigenvalue weighted by atomic mass is 10.1. The first kappa shape index (κ1) is 17.8. The monoisotopic (exact) mass is 372 g/mol. The van der Waals surface area contributed by atoms with Crippen molar-refractivity contribution in [3.05, 3.63) is 58.0 Å². The van der Waals surface area contributed by atoms with Gasteiger partial charge in [-0.05, 0) is 44.5 Å². The summed E-state index contributed by atoms with van der Waals surface area (Å²) < 4.78 is 13.8. The van der Waals surface area contributed by atoms with E-state index in [2.05, 4.69) is 20.6 Å². The SMILES string of the molecule is Cc1ccc(F)c(Nc2ncc(C(=O)Nc3c(C)ccc(O)c3C)s2)n1. The summed E-state index contributed by atoms with van der Waals surface area (Å²) in [6.45, 7) is 5.32. The molecule has 0 radical (unpaired) electrons. The Bertz CT molecular complexity index is 987. The lowest BCUT2D eigenvalue weighted by Crippen LogP contribution is -2.12. The zero-order chi connectivity index (χ0) is 18.8. The van der Waals surface area contributed by atoms with Crippen LogP contribution < -0.4 is 10.6 Å². The molecule has 26 heavy (non-hydrogen) atoms. The van der Waals surface area contributed by atoms with Gasteiger partial charge in [-0.15, -0.1) is 0 Å². The second-order valence-corrected chi connectivity index (χ2v) is 6.82. The van der Waals surface area contributed by atoms with Gasteiger partial charge in [0.25, 0.3) is 5.91 Å². The van der Waals surface area contributed by atoms with Crippen LogP contribution in [0.15, 0.2) is 30.5 Å². The number of aryl methyl sites for hydroxylation is 2. The highest BCUT2D eigenvalue weighted by atomic mass is 32.1. The molecule has 6 nitrogen and oxygen atoms in total. The van der Waals surface area contributed by atoms with Crippen LogP contribution in [0.1, 0.15) is 26.5 Å². The summed E-state index contributed by atoms with van der Waals surface area (Å²) in [5, 5.41) is 15.7. The van der Waals surface area contributed by atoms with Gasteiger partial charge in [-0.3, -0.25) is 4.79 Å². The molecule has 3 N–H and O–H groups in total. The zero-order valence-electron chi connectivity index (χ0n) is 14.4. The minimum Gasteiger partial charge on any atom is -0.508 e. The number of pyridine rings is 1. The standard InChI is InChI=1S/C18H17FN4O2S/c1-9-4-7-13(24)11(3)15(9)22-17(25)14-8-20-18(26-14)23-16-12(19)6-5-10(2)21-16/h4-8,24H,1-3H3,(H,22,25)(H,20,21,23). The normalized spacial score (nSPS) is 10.6. The first-order chi connectivity index (χ1) is 12.3. The number of amides is 1. The third-order valence-corrected chi connectivity index (χ3v) is 4.73. The summed E-state index contributed by atoms with van der Waals surface area (Å²) in [6, 6.07) is 6.20. The Kier molecular flexibility index (Phi) is 4.85. The average Bonchev–Trinajstić information content (AvgIpc) is 3.07. The molecule has 2 aromatic heterocycles. The number of aromatic nitrogens is 2. The maximum atomic E-state index is 13.8. The fraction of sp³-hybridized carbons (Fsp3) is 0.167. The number of hydrogen-bond acceptors (Lipinski definition) is 6. The minimum absolute atomic E-state index is 0.0611. The molecule has 0 aliphatic rings. The van der Waals surface area contributed by atoms with Gasteiger partial charge in [0.05, 0.1) is 11.9 Å². The van der Waals surface area contributed by atoms with Crippen molar-refractivity contribution in [2.45, 2.75) is 20.8 Å². The van der Waals surface area contributed by atoms with E-state index in [0.717, 1.165) is 16.9 Å². The molecule has 134 valence electrons. The number of hydrogen-bond donors (Lipinski definition) is 3. The number of phenolic OH excluding ortho intramolecular Hbond substituents is 1. The highest BCUT2D eigenvalue weighted by molar-refractivity contribution is 7.17. The number of thiazole rings is 1. The summed E-state index contributed by atoms with van der Waals surface area (Å²) >= 11 is 1.08. The number of carbonyl (C=O) groups excluding carboxylic acids is 1. The number of nitrogens with one attached hydrogen (secondary N) is 2. The lowest BCUT2D eigenvalue weighted by Gasteiger charge is -2.11. The van der Waals surface area contributed by atoms with Crippen molar-refractivity contribution in [3.8, 4) is 5.75 Å². The van der Waals surface area contributed by atoms with Gasteiger partial charge >= 0.3 is 0 Å².